The molecule has 1 aromatic rings. The molecule has 1 heterocycles. The molecule has 0 aliphatic heterocycles. The Bertz CT molecular complexity index is 332. The molecule has 0 radical (unpaired) electrons. The Morgan fingerprint density at radius 1 is 1.25 bits per heavy atom. The van der Waals surface area contributed by atoms with Gasteiger partial charge in [0, 0.05) is 21.2 Å². The average Bonchev–Trinajstić information content (AvgIpc) is 2.29. The van der Waals surface area contributed by atoms with E-state index in [0.717, 1.165) is 0 Å². The SMILES string of the molecule is COCCOc1nc(NN)nc(N(C)C)n1. The number of nitrogens with one attached hydrogen (secondary N) is 1. The summed E-state index contributed by atoms with van der Waals surface area (Å²) in [6.45, 7) is 0.839. The zero-order valence-corrected chi connectivity index (χ0v) is 9.60. The van der Waals surface area contributed by atoms with Gasteiger partial charge in [-0.1, -0.05) is 0 Å². The van der Waals surface area contributed by atoms with E-state index in [0.29, 0.717) is 19.2 Å². The van der Waals surface area contributed by atoms with Gasteiger partial charge in [0.25, 0.3) is 0 Å². The highest BCUT2D eigenvalue weighted by Gasteiger charge is 2.07. The Morgan fingerprint density at radius 3 is 2.56 bits per heavy atom. The molecule has 1 rings (SSSR count). The highest BCUT2D eigenvalue weighted by atomic mass is 16.5. The largest absolute Gasteiger partial charge is 0.461 e. The summed E-state index contributed by atoms with van der Waals surface area (Å²) in [7, 11) is 5.22. The first kappa shape index (κ1) is 12.4. The maximum Gasteiger partial charge on any atom is 0.323 e. The number of hydrazine groups is 1. The minimum atomic E-state index is 0.212. The number of methoxy groups -OCH3 is 1. The van der Waals surface area contributed by atoms with Crippen LogP contribution in [0.3, 0.4) is 0 Å². The number of anilines is 2. The van der Waals surface area contributed by atoms with Crippen molar-refractivity contribution in [3.05, 3.63) is 0 Å². The van der Waals surface area contributed by atoms with Crippen LogP contribution >= 0.6 is 0 Å². The second-order valence-corrected chi connectivity index (χ2v) is 3.12. The first-order chi connectivity index (χ1) is 7.67. The zero-order chi connectivity index (χ0) is 12.0. The number of nitrogen functional groups attached to an aromatic ring is 1. The number of nitrogens with zero attached hydrogens (tertiary/aromatic N) is 4. The van der Waals surface area contributed by atoms with Crippen molar-refractivity contribution in [1.29, 1.82) is 0 Å². The molecule has 90 valence electrons. The average molecular weight is 228 g/mol. The van der Waals surface area contributed by atoms with Gasteiger partial charge in [0.05, 0.1) is 6.61 Å². The smallest absolute Gasteiger partial charge is 0.323 e. The molecule has 0 aliphatic rings. The van der Waals surface area contributed by atoms with Crippen LogP contribution in [0.1, 0.15) is 0 Å². The molecule has 0 aromatic carbocycles. The van der Waals surface area contributed by atoms with E-state index in [4.69, 9.17) is 15.3 Å². The standard InChI is InChI=1S/C8H16N6O2/c1-14(2)7-10-6(13-9)11-8(12-7)16-5-4-15-3/h4-5,9H2,1-3H3,(H,10,11,12,13). The molecule has 3 N–H and O–H groups in total. The third kappa shape index (κ3) is 3.48. The normalized spacial score (nSPS) is 10.0. The van der Waals surface area contributed by atoms with Crippen molar-refractivity contribution in [2.24, 2.45) is 5.84 Å². The van der Waals surface area contributed by atoms with E-state index in [2.05, 4.69) is 20.4 Å². The van der Waals surface area contributed by atoms with E-state index in [9.17, 15) is 0 Å². The highest BCUT2D eigenvalue weighted by Crippen LogP contribution is 2.11. The van der Waals surface area contributed by atoms with Gasteiger partial charge in [-0.25, -0.2) is 5.84 Å². The molecule has 0 amide bonds. The monoisotopic (exact) mass is 228 g/mol. The van der Waals surface area contributed by atoms with Crippen molar-refractivity contribution in [2.45, 2.75) is 0 Å². The molecule has 8 heteroatoms. The summed E-state index contributed by atoms with van der Waals surface area (Å²) < 4.78 is 10.1. The van der Waals surface area contributed by atoms with E-state index in [1.807, 2.05) is 14.1 Å². The van der Waals surface area contributed by atoms with Crippen molar-refractivity contribution < 1.29 is 9.47 Å². The molecule has 0 spiro atoms. The minimum Gasteiger partial charge on any atom is -0.461 e. The summed E-state index contributed by atoms with van der Waals surface area (Å²) in [4.78, 5) is 13.8. The lowest BCUT2D eigenvalue weighted by Crippen LogP contribution is -2.18. The van der Waals surface area contributed by atoms with E-state index in [-0.39, 0.29) is 12.0 Å². The highest BCUT2D eigenvalue weighted by molar-refractivity contribution is 5.35. The van der Waals surface area contributed by atoms with Gasteiger partial charge < -0.3 is 14.4 Å². The van der Waals surface area contributed by atoms with Crippen molar-refractivity contribution in [3.63, 3.8) is 0 Å². The summed E-state index contributed by atoms with van der Waals surface area (Å²) in [6, 6.07) is 0.212. The zero-order valence-electron chi connectivity index (χ0n) is 9.60. The molecule has 0 atom stereocenters. The lowest BCUT2D eigenvalue weighted by Gasteiger charge is -2.12. The number of aromatic nitrogens is 3. The molecule has 0 unspecified atom stereocenters. The maximum atomic E-state index is 5.27. The van der Waals surface area contributed by atoms with Crippen LogP contribution in [0.15, 0.2) is 0 Å². The number of ether oxygens (including phenoxy) is 2. The fourth-order valence-electron chi connectivity index (χ4n) is 0.891. The number of nitrogens with two attached hydrogens (primary N) is 1. The predicted octanol–water partition coefficient (Wildman–Crippen LogP) is -0.752. The second kappa shape index (κ2) is 6.03. The van der Waals surface area contributed by atoms with Crippen LogP contribution in [0.4, 0.5) is 11.9 Å². The van der Waals surface area contributed by atoms with Gasteiger partial charge in [0.2, 0.25) is 11.9 Å². The van der Waals surface area contributed by atoms with Crippen LogP contribution in [-0.4, -0.2) is 49.4 Å². The third-order valence-electron chi connectivity index (χ3n) is 1.65. The molecule has 0 aliphatic carbocycles. The van der Waals surface area contributed by atoms with Gasteiger partial charge in [-0.2, -0.15) is 15.0 Å². The predicted molar refractivity (Wildman–Crippen MR) is 59.3 cm³/mol. The molecule has 0 fully saturated rings. The van der Waals surface area contributed by atoms with Gasteiger partial charge in [0.1, 0.15) is 6.61 Å². The molecular formula is C8H16N6O2. The molecule has 16 heavy (non-hydrogen) atoms. The van der Waals surface area contributed by atoms with Crippen LogP contribution in [0.25, 0.3) is 0 Å². The van der Waals surface area contributed by atoms with Gasteiger partial charge in [-0.3, -0.25) is 5.43 Å². The molecule has 1 aromatic heterocycles. The Balaban J connectivity index is 2.78. The van der Waals surface area contributed by atoms with E-state index in [1.165, 1.54) is 0 Å². The van der Waals surface area contributed by atoms with Gasteiger partial charge in [-0.15, -0.1) is 0 Å². The van der Waals surface area contributed by atoms with Crippen molar-refractivity contribution >= 4 is 11.9 Å². The molecule has 0 saturated carbocycles. The molecular weight excluding hydrogens is 212 g/mol. The summed E-state index contributed by atoms with van der Waals surface area (Å²) in [6.07, 6.45) is 0. The van der Waals surface area contributed by atoms with Crippen molar-refractivity contribution in [1.82, 2.24) is 15.0 Å². The summed E-state index contributed by atoms with van der Waals surface area (Å²) in [5.41, 5.74) is 2.35. The van der Waals surface area contributed by atoms with E-state index >= 15 is 0 Å². The van der Waals surface area contributed by atoms with E-state index in [1.54, 1.807) is 12.0 Å². The Morgan fingerprint density at radius 2 is 2.00 bits per heavy atom. The topological polar surface area (TPSA) is 98.4 Å². The number of rotatable bonds is 6. The number of hydrogen-bond donors (Lipinski definition) is 2. The van der Waals surface area contributed by atoms with Crippen LogP contribution in [0.5, 0.6) is 6.01 Å². The third-order valence-corrected chi connectivity index (χ3v) is 1.65. The number of hydrogen-bond acceptors (Lipinski definition) is 8. The minimum absolute atomic E-state index is 0.212. The van der Waals surface area contributed by atoms with Gasteiger partial charge in [0.15, 0.2) is 0 Å². The fourth-order valence-corrected chi connectivity index (χ4v) is 0.891. The summed E-state index contributed by atoms with van der Waals surface area (Å²) >= 11 is 0. The summed E-state index contributed by atoms with van der Waals surface area (Å²) in [5.74, 6) is 5.96. The van der Waals surface area contributed by atoms with Crippen molar-refractivity contribution in [2.75, 3.05) is 44.7 Å². The van der Waals surface area contributed by atoms with Crippen LogP contribution in [-0.2, 0) is 4.74 Å². The first-order valence-corrected chi connectivity index (χ1v) is 4.69. The Labute approximate surface area is 93.8 Å². The van der Waals surface area contributed by atoms with Crippen LogP contribution in [0, 0.1) is 0 Å². The molecule has 8 nitrogen and oxygen atoms in total. The fraction of sp³-hybridized carbons (Fsp3) is 0.625. The lowest BCUT2D eigenvalue weighted by molar-refractivity contribution is 0.141. The summed E-state index contributed by atoms with van der Waals surface area (Å²) in [5, 5.41) is 0. The van der Waals surface area contributed by atoms with Crippen molar-refractivity contribution in [3.8, 4) is 6.01 Å². The maximum absolute atomic E-state index is 5.27. The first-order valence-electron chi connectivity index (χ1n) is 4.69. The Hall–Kier alpha value is -1.67. The lowest BCUT2D eigenvalue weighted by atomic mass is 10.7. The Kier molecular flexibility index (Phi) is 4.67. The second-order valence-electron chi connectivity index (χ2n) is 3.12. The van der Waals surface area contributed by atoms with Gasteiger partial charge >= 0.3 is 6.01 Å². The quantitative estimate of drug-likeness (QED) is 0.373. The molecule has 0 saturated heterocycles. The van der Waals surface area contributed by atoms with Gasteiger partial charge in [-0.05, 0) is 0 Å². The van der Waals surface area contributed by atoms with Crippen LogP contribution in [0.2, 0.25) is 0 Å². The molecule has 0 bridgehead atoms. The van der Waals surface area contributed by atoms with E-state index < -0.39 is 0 Å². The van der Waals surface area contributed by atoms with Crippen LogP contribution < -0.4 is 20.9 Å².